The topological polar surface area (TPSA) is 175 Å². The van der Waals surface area contributed by atoms with Gasteiger partial charge in [-0.2, -0.15) is 0 Å². The second-order valence-corrected chi connectivity index (χ2v) is 21.8. The van der Waals surface area contributed by atoms with Gasteiger partial charge in [0.15, 0.2) is 6.29 Å². The first-order valence-electron chi connectivity index (χ1n) is 31.3. The van der Waals surface area contributed by atoms with E-state index < -0.39 is 49.5 Å². The van der Waals surface area contributed by atoms with Crippen LogP contribution in [0.1, 0.15) is 290 Å². The van der Waals surface area contributed by atoms with Gasteiger partial charge in [-0.15, -0.1) is 0 Å². The monoisotopic (exact) mass is 1050 g/mol. The predicted molar refractivity (Wildman–Crippen MR) is 306 cm³/mol. The van der Waals surface area contributed by atoms with Gasteiger partial charge in [-0.25, -0.2) is 0 Å². The molecule has 0 aromatic heterocycles. The Hall–Kier alpha value is -2.12. The molecule has 1 aliphatic heterocycles. The number of ether oxygens (including phenoxy) is 3. The van der Waals surface area contributed by atoms with Gasteiger partial charge in [-0.05, 0) is 70.6 Å². The zero-order valence-corrected chi connectivity index (χ0v) is 47.8. The summed E-state index contributed by atoms with van der Waals surface area (Å²) in [6, 6.07) is -0.832. The molecule has 1 fully saturated rings. The van der Waals surface area contributed by atoms with Crippen LogP contribution in [0.3, 0.4) is 0 Å². The van der Waals surface area contributed by atoms with Gasteiger partial charge < -0.3 is 45.1 Å². The molecule has 0 aromatic carbocycles. The summed E-state index contributed by atoms with van der Waals surface area (Å²) in [5.74, 6) is -0.207. The number of carbonyl (C=O) groups is 2. The van der Waals surface area contributed by atoms with E-state index in [1.807, 2.05) is 6.08 Å². The molecule has 0 aliphatic carbocycles. The zero-order chi connectivity index (χ0) is 53.8. The number of hydrogen-bond acceptors (Lipinski definition) is 10. The Morgan fingerprint density at radius 2 is 0.878 bits per heavy atom. The van der Waals surface area contributed by atoms with E-state index >= 15 is 0 Å². The molecule has 11 heteroatoms. The lowest BCUT2D eigenvalue weighted by molar-refractivity contribution is -0.302. The molecule has 1 amide bonds. The molecular weight excluding hydrogens is 931 g/mol. The second kappa shape index (κ2) is 52.9. The number of unbranched alkanes of at least 4 members (excludes halogenated alkanes) is 36. The number of rotatable bonds is 54. The highest BCUT2D eigenvalue weighted by molar-refractivity contribution is 5.76. The molecule has 0 saturated carbocycles. The average molecular weight is 1050 g/mol. The van der Waals surface area contributed by atoms with E-state index in [4.69, 9.17) is 14.2 Å². The largest absolute Gasteiger partial charge is 0.466 e. The van der Waals surface area contributed by atoms with Crippen LogP contribution in [0.25, 0.3) is 0 Å². The number of carbonyl (C=O) groups excluding carboxylic acids is 2. The van der Waals surface area contributed by atoms with E-state index in [0.29, 0.717) is 19.4 Å². The van der Waals surface area contributed by atoms with Gasteiger partial charge in [0.05, 0.1) is 32.0 Å². The van der Waals surface area contributed by atoms with Crippen molar-refractivity contribution in [1.29, 1.82) is 0 Å². The minimum absolute atomic E-state index is 0.00453. The van der Waals surface area contributed by atoms with Crippen LogP contribution in [-0.4, -0.2) is 100 Å². The number of aliphatic hydroxyl groups excluding tert-OH is 5. The standard InChI is InChI=1S/C63H117NO10/c1-3-5-7-9-11-13-14-15-16-21-25-28-31-35-39-43-47-51-59(68)72-52-48-44-40-36-32-29-26-23-20-18-17-19-22-24-27-30-34-38-42-46-50-58(67)64-55(56(66)49-45-41-37-33-12-10-8-6-4-2)54-73-63-62(71)61(70)60(69)57(53-65)74-63/h12,17,19,33,45,49,55-57,60-63,65-66,69-71H,3-11,13-16,18,20-32,34-44,46-48,50-54H2,1-2H3,(H,64,67)/b19-17-,33-12+,49-45+. The van der Waals surface area contributed by atoms with Gasteiger partial charge in [0.1, 0.15) is 24.4 Å². The molecule has 0 aromatic rings. The minimum atomic E-state index is -1.58. The van der Waals surface area contributed by atoms with Crippen molar-refractivity contribution in [3.63, 3.8) is 0 Å². The van der Waals surface area contributed by atoms with E-state index in [2.05, 4.69) is 43.5 Å². The molecule has 0 bridgehead atoms. The molecule has 1 rings (SSSR count). The fourth-order valence-corrected chi connectivity index (χ4v) is 9.74. The highest BCUT2D eigenvalue weighted by Gasteiger charge is 2.44. The summed E-state index contributed by atoms with van der Waals surface area (Å²) in [7, 11) is 0. The lowest BCUT2D eigenvalue weighted by Crippen LogP contribution is -2.60. The number of aliphatic hydroxyl groups is 5. The third-order valence-electron chi connectivity index (χ3n) is 14.7. The Morgan fingerprint density at radius 3 is 1.36 bits per heavy atom. The molecule has 6 N–H and O–H groups in total. The summed E-state index contributed by atoms with van der Waals surface area (Å²) < 4.78 is 16.7. The molecule has 7 atom stereocenters. The molecule has 0 radical (unpaired) electrons. The first-order chi connectivity index (χ1) is 36.2. The van der Waals surface area contributed by atoms with Crippen molar-refractivity contribution in [3.05, 3.63) is 36.5 Å². The van der Waals surface area contributed by atoms with Crippen LogP contribution in [0.15, 0.2) is 36.5 Å². The quantitative estimate of drug-likeness (QED) is 0.0195. The number of hydrogen-bond donors (Lipinski definition) is 6. The molecule has 0 spiro atoms. The molecule has 1 aliphatic rings. The molecule has 434 valence electrons. The smallest absolute Gasteiger partial charge is 0.305 e. The van der Waals surface area contributed by atoms with Crippen molar-refractivity contribution in [2.24, 2.45) is 0 Å². The summed E-state index contributed by atoms with van der Waals surface area (Å²) in [5, 5.41) is 54.1. The zero-order valence-electron chi connectivity index (χ0n) is 47.8. The summed E-state index contributed by atoms with van der Waals surface area (Å²) in [4.78, 5) is 25.1. The molecule has 1 heterocycles. The Labute approximate surface area is 453 Å². The Bertz CT molecular complexity index is 1320. The van der Waals surface area contributed by atoms with Gasteiger partial charge in [0.2, 0.25) is 5.91 Å². The SMILES string of the molecule is CCCCC/C=C/CC/C=C/C(O)C(COC1OC(CO)C(O)C(O)C1O)NC(=O)CCCCCCCCC/C=C\CCCCCCCCCCCOC(=O)CCCCCCCCCCCCCCCCCCC. The van der Waals surface area contributed by atoms with E-state index in [0.717, 1.165) is 77.0 Å². The van der Waals surface area contributed by atoms with Crippen molar-refractivity contribution in [3.8, 4) is 0 Å². The molecule has 74 heavy (non-hydrogen) atoms. The Kier molecular flexibility index (Phi) is 50.0. The van der Waals surface area contributed by atoms with E-state index in [1.165, 1.54) is 186 Å². The minimum Gasteiger partial charge on any atom is -0.466 e. The second-order valence-electron chi connectivity index (χ2n) is 21.8. The number of esters is 1. The summed E-state index contributed by atoms with van der Waals surface area (Å²) >= 11 is 0. The van der Waals surface area contributed by atoms with Gasteiger partial charge in [0.25, 0.3) is 0 Å². The van der Waals surface area contributed by atoms with Crippen LogP contribution in [0.2, 0.25) is 0 Å². The van der Waals surface area contributed by atoms with Crippen LogP contribution in [0.5, 0.6) is 0 Å². The van der Waals surface area contributed by atoms with Crippen molar-refractivity contribution in [2.45, 2.75) is 333 Å². The highest BCUT2D eigenvalue weighted by Crippen LogP contribution is 2.23. The van der Waals surface area contributed by atoms with Crippen molar-refractivity contribution >= 4 is 11.9 Å². The first-order valence-corrected chi connectivity index (χ1v) is 31.3. The van der Waals surface area contributed by atoms with Gasteiger partial charge in [-0.3, -0.25) is 9.59 Å². The lowest BCUT2D eigenvalue weighted by Gasteiger charge is -2.40. The van der Waals surface area contributed by atoms with Crippen LogP contribution in [-0.2, 0) is 23.8 Å². The van der Waals surface area contributed by atoms with Crippen LogP contribution in [0, 0.1) is 0 Å². The highest BCUT2D eigenvalue weighted by atomic mass is 16.7. The maximum Gasteiger partial charge on any atom is 0.305 e. The van der Waals surface area contributed by atoms with Gasteiger partial charge in [0, 0.05) is 12.8 Å². The number of nitrogens with one attached hydrogen (secondary N) is 1. The maximum absolute atomic E-state index is 13.0. The third kappa shape index (κ3) is 42.0. The van der Waals surface area contributed by atoms with Crippen molar-refractivity contribution < 1.29 is 49.3 Å². The van der Waals surface area contributed by atoms with Gasteiger partial charge >= 0.3 is 5.97 Å². The van der Waals surface area contributed by atoms with E-state index in [9.17, 15) is 35.1 Å². The van der Waals surface area contributed by atoms with Gasteiger partial charge in [-0.1, -0.05) is 243 Å². The summed E-state index contributed by atoms with van der Waals surface area (Å²) in [6.45, 7) is 4.27. The van der Waals surface area contributed by atoms with Crippen LogP contribution in [0.4, 0.5) is 0 Å². The normalized spacial score (nSPS) is 19.0. The predicted octanol–water partition coefficient (Wildman–Crippen LogP) is 14.7. The fourth-order valence-electron chi connectivity index (χ4n) is 9.74. The fraction of sp³-hybridized carbons (Fsp3) is 0.873. The van der Waals surface area contributed by atoms with E-state index in [-0.39, 0.29) is 18.5 Å². The lowest BCUT2D eigenvalue weighted by atomic mass is 9.99. The molecule has 1 saturated heterocycles. The Morgan fingerprint density at radius 1 is 0.486 bits per heavy atom. The number of amides is 1. The molecule has 11 nitrogen and oxygen atoms in total. The van der Waals surface area contributed by atoms with Crippen LogP contribution < -0.4 is 5.32 Å². The molecule has 7 unspecified atom stereocenters. The third-order valence-corrected chi connectivity index (χ3v) is 14.7. The number of allylic oxidation sites excluding steroid dienone is 5. The van der Waals surface area contributed by atoms with Crippen molar-refractivity contribution in [1.82, 2.24) is 5.32 Å². The summed E-state index contributed by atoms with van der Waals surface area (Å²) in [6.07, 6.45) is 55.5. The van der Waals surface area contributed by atoms with Crippen LogP contribution >= 0.6 is 0 Å². The van der Waals surface area contributed by atoms with Crippen molar-refractivity contribution in [2.75, 3.05) is 19.8 Å². The molecular formula is C63H117NO10. The van der Waals surface area contributed by atoms with E-state index in [1.54, 1.807) is 6.08 Å². The Balaban J connectivity index is 2.00. The first kappa shape index (κ1) is 69.9. The average Bonchev–Trinajstić information content (AvgIpc) is 3.40. The maximum atomic E-state index is 13.0. The summed E-state index contributed by atoms with van der Waals surface area (Å²) in [5.41, 5.74) is 0.